The van der Waals surface area contributed by atoms with Crippen molar-refractivity contribution in [1.29, 1.82) is 0 Å². The number of hydrogen-bond acceptors (Lipinski definition) is 12. The number of phenols is 6. The van der Waals surface area contributed by atoms with Crippen molar-refractivity contribution in [3.63, 3.8) is 0 Å². The van der Waals surface area contributed by atoms with Crippen molar-refractivity contribution in [2.75, 3.05) is 84.6 Å². The van der Waals surface area contributed by atoms with E-state index >= 15 is 0 Å². The van der Waals surface area contributed by atoms with E-state index in [9.17, 15) is 30.6 Å². The number of benzene rings is 12. The van der Waals surface area contributed by atoms with Gasteiger partial charge in [0.15, 0.2) is 0 Å². The molecule has 148 heavy (non-hydrogen) atoms. The molecule has 0 radical (unpaired) electrons. The first kappa shape index (κ1) is 146. The fourth-order valence-corrected chi connectivity index (χ4v) is 22.6. The summed E-state index contributed by atoms with van der Waals surface area (Å²) in [5.41, 5.74) is 19.0. The van der Waals surface area contributed by atoms with Gasteiger partial charge in [0.05, 0.1) is 0 Å². The van der Waals surface area contributed by atoms with Gasteiger partial charge in [0.25, 0.3) is 0 Å². The van der Waals surface area contributed by atoms with Crippen LogP contribution in [0.2, 0.25) is 0 Å². The van der Waals surface area contributed by atoms with Crippen LogP contribution in [0, 0.1) is 41.5 Å². The van der Waals surface area contributed by atoms with Gasteiger partial charge in [-0.1, -0.05) is 334 Å². The molecule has 0 bridgehead atoms. The Morgan fingerprint density at radius 1 is 0.209 bits per heavy atom. The first-order chi connectivity index (χ1) is 69.3. The van der Waals surface area contributed by atoms with Gasteiger partial charge < -0.3 is 60.0 Å². The van der Waals surface area contributed by atoms with Gasteiger partial charge in [0.2, 0.25) is 0 Å². The molecule has 0 aliphatic carbocycles. The second-order valence-electron chi connectivity index (χ2n) is 40.3. The van der Waals surface area contributed by atoms with Gasteiger partial charge in [0, 0.05) is 82.2 Å². The number of aryl methyl sites for hydroxylation is 6. The molecule has 6 atom stereocenters. The molecule has 6 N–H and O–H groups in total. The van der Waals surface area contributed by atoms with Gasteiger partial charge in [-0.15, -0.1) is 0 Å². The molecule has 0 fully saturated rings. The van der Waals surface area contributed by atoms with Crippen molar-refractivity contribution in [2.24, 2.45) is 0 Å². The van der Waals surface area contributed by atoms with Crippen LogP contribution in [0.3, 0.4) is 0 Å². The zero-order valence-electron chi connectivity index (χ0n) is 91.1. The monoisotopic (exact) mass is 2570 g/mol. The Kier molecular flexibility index (Phi) is 76.7. The van der Waals surface area contributed by atoms with Crippen LogP contribution in [0.25, 0.3) is 0 Å². The summed E-state index contributed by atoms with van der Waals surface area (Å²) in [6.07, 6.45) is 0. The standard InChI is InChI=1S/C23H34NOP.2C20H28NOP.C17H22NOP.2C16H20NOP.12ClH.6Ti/c1-22(2,3)17-13-18(23(4,5)6)21(25)20(14-17)26-19-12-10-9-11-16(19)15-24(7)8;1-14-11-16(20(2,3)4)12-18(19(14)22)23-17-10-8-7-9-15(17)13-21(5)6;1-14-11-16(20(2,3)4)19(22)18(12-14)23-17-10-8-7-9-15(17)13-21(5)6;1-12-9-13(2)17(19)16(10-12)20-15-8-6-5-7-14(15)11-18(3)4;1-12-7-6-10-15(16(12)18)19-14-9-5-4-8-13(14)11-17(2)3;1-12-8-9-14(18)16(10-12)19-15-7-5-4-6-13(15)11-17(2)3;;;;;;;;;;;;;;;;;;/h9-14,25-26H,15H2,1-8H3;2*7-12,22-23H,13H2,1-6H3;5-10,19-20H,11H2,1-4H3;2*4-10,18-19H,11H2,1-3H3;12*1H;;;;;;/q;;;;;;;;;;;;;;;;;;6*+2/p-12. The first-order valence-electron chi connectivity index (χ1n) is 47.1. The summed E-state index contributed by atoms with van der Waals surface area (Å²) in [5, 5.41) is 76.7. The zero-order chi connectivity index (χ0) is 113. The van der Waals surface area contributed by atoms with Crippen LogP contribution < -0.4 is 63.7 Å². The topological polar surface area (TPSA) is 141 Å². The Labute approximate surface area is 1000 Å². The van der Waals surface area contributed by atoms with Crippen molar-refractivity contribution >= 4 is 227 Å². The molecule has 0 saturated carbocycles. The van der Waals surface area contributed by atoms with Crippen LogP contribution in [-0.2, 0) is 163 Å². The minimum atomic E-state index is -0.556. The number of nitrogens with zero attached hydrogens (tertiary/aromatic N) is 6. The van der Waals surface area contributed by atoms with E-state index in [1.54, 1.807) is 6.07 Å². The molecule has 12 aromatic rings. The fourth-order valence-electron chi connectivity index (χ4n) is 14.6. The van der Waals surface area contributed by atoms with E-state index in [1.165, 1.54) is 93.0 Å². The molecule has 0 saturated heterocycles. The number of para-hydroxylation sites is 1. The Bertz CT molecular complexity index is 5750. The Morgan fingerprint density at radius 3 is 0.709 bits per heavy atom. The number of halogens is 12. The molecular formula is C112H152Cl12N6O6P6Ti6. The Balaban J connectivity index is 0.000000860. The normalized spacial score (nSPS) is 11.3. The van der Waals surface area contributed by atoms with Crippen molar-refractivity contribution in [1.82, 2.24) is 29.4 Å². The van der Waals surface area contributed by atoms with E-state index < -0.39 is 102 Å². The molecular weight excluding hydrogens is 2420 g/mol. The van der Waals surface area contributed by atoms with Crippen LogP contribution >= 0.6 is 163 Å². The van der Waals surface area contributed by atoms with Crippen molar-refractivity contribution < 1.29 is 133 Å². The van der Waals surface area contributed by atoms with Gasteiger partial charge in [-0.25, -0.2) is 0 Å². The summed E-state index contributed by atoms with van der Waals surface area (Å²) in [4.78, 5) is 13.1. The van der Waals surface area contributed by atoms with Crippen molar-refractivity contribution in [3.8, 4) is 34.5 Å². The van der Waals surface area contributed by atoms with E-state index in [0.29, 0.717) is 86.0 Å². The van der Waals surface area contributed by atoms with E-state index in [-0.39, 0.29) is 21.7 Å². The molecule has 12 aromatic carbocycles. The van der Waals surface area contributed by atoms with Gasteiger partial charge in [-0.05, 0) is 288 Å². The van der Waals surface area contributed by atoms with E-state index in [1.807, 2.05) is 51.1 Å². The van der Waals surface area contributed by atoms with Gasteiger partial charge in [0.1, 0.15) is 34.5 Å². The summed E-state index contributed by atoms with van der Waals surface area (Å²) in [5.74, 6) is 2.62. The molecule has 0 aliphatic heterocycles. The summed E-state index contributed by atoms with van der Waals surface area (Å²) < 4.78 is 0. The molecule has 0 aromatic heterocycles. The van der Waals surface area contributed by atoms with E-state index in [2.05, 4.69) is 412 Å². The quantitative estimate of drug-likeness (QED) is 0.0253. The molecule has 804 valence electrons. The third-order valence-corrected chi connectivity index (χ3v) is 30.0. The van der Waals surface area contributed by atoms with Gasteiger partial charge in [-0.3, -0.25) is 0 Å². The van der Waals surface area contributed by atoms with E-state index in [4.69, 9.17) is 112 Å². The molecule has 0 heterocycles. The van der Waals surface area contributed by atoms with Crippen LogP contribution in [-0.4, -0.2) is 145 Å². The summed E-state index contributed by atoms with van der Waals surface area (Å²) in [7, 11) is 86.5. The summed E-state index contributed by atoms with van der Waals surface area (Å²) >= 11 is -3.33. The number of rotatable bonds is 24. The fraction of sp³-hybridized carbons (Fsp3) is 0.357. The average molecular weight is 2580 g/mol. The van der Waals surface area contributed by atoms with Gasteiger partial charge in [-0.2, -0.15) is 0 Å². The second kappa shape index (κ2) is 78.0. The predicted molar refractivity (Wildman–Crippen MR) is 651 cm³/mol. The third-order valence-electron chi connectivity index (χ3n) is 21.5. The summed E-state index contributed by atoms with van der Waals surface area (Å²) in [6, 6.07) is 79.8. The number of phenolic OH excluding ortho intramolecular Hbond substituents is 6. The SMILES string of the molecule is CN(C)Cc1ccccc1Pc1cc(C(C)(C)C)cc(C(C)(C)C)c1O.Cc1cc(C(C)(C)C)cc(Pc2ccccc2CN(C)C)c1O.Cc1cc(C)c(O)c(Pc2ccccc2CN(C)C)c1.Cc1cc(Pc2ccccc2CN(C)C)c(O)c(C(C)(C)C)c1.Cc1ccc(O)c(Pc2ccccc2CN(C)C)c1.Cc1cccc(Pc2ccccc2CN(C)C)c1O.[Cl][Ti][Cl].[Cl][Ti][Cl].[Cl][Ti][Cl].[Cl][Ti][Cl].[Cl][Ti][Cl].[Cl][Ti][Cl]. The van der Waals surface area contributed by atoms with Crippen molar-refractivity contribution in [2.45, 2.75) is 186 Å². The van der Waals surface area contributed by atoms with Crippen LogP contribution in [0.1, 0.15) is 172 Å². The van der Waals surface area contributed by atoms with Crippen molar-refractivity contribution in [3.05, 3.63) is 320 Å². The molecule has 12 nitrogen and oxygen atoms in total. The Morgan fingerprint density at radius 2 is 0.426 bits per heavy atom. The van der Waals surface area contributed by atoms with Crippen LogP contribution in [0.15, 0.2) is 231 Å². The maximum atomic E-state index is 11.0. The number of aromatic hydroxyl groups is 6. The molecule has 0 aliphatic rings. The molecule has 12 rings (SSSR count). The third kappa shape index (κ3) is 58.2. The average Bonchev–Trinajstić information content (AvgIpc) is 0.783. The first-order valence-corrected chi connectivity index (χ1v) is 78.8. The maximum absolute atomic E-state index is 11.0. The molecule has 0 spiro atoms. The second-order valence-corrected chi connectivity index (χ2v) is 63.8. The molecule has 6 unspecified atom stereocenters. The zero-order valence-corrected chi connectivity index (χ0v) is 116. The predicted octanol–water partition coefficient (Wildman–Crippen LogP) is 27.8. The number of hydrogen-bond donors (Lipinski definition) is 6. The van der Waals surface area contributed by atoms with Crippen LogP contribution in [0.5, 0.6) is 34.5 Å². The Hall–Kier alpha value is -0.454. The van der Waals surface area contributed by atoms with Crippen LogP contribution in [0.4, 0.5) is 0 Å². The minimum absolute atomic E-state index is 0.0517. The van der Waals surface area contributed by atoms with E-state index in [0.717, 1.165) is 98.9 Å². The molecule has 36 heteroatoms. The summed E-state index contributed by atoms with van der Waals surface area (Å²) in [6.45, 7) is 43.9. The van der Waals surface area contributed by atoms with Gasteiger partial charge >= 0.3 is 214 Å². The molecule has 0 amide bonds.